The maximum absolute atomic E-state index is 12.9. The minimum absolute atomic E-state index is 0.133. The third-order valence-electron chi connectivity index (χ3n) is 6.28. The van der Waals surface area contributed by atoms with Crippen molar-refractivity contribution in [3.8, 4) is 11.3 Å². The maximum atomic E-state index is 12.9. The lowest BCUT2D eigenvalue weighted by atomic mass is 10.0. The molecule has 1 atom stereocenters. The number of aryl methyl sites for hydroxylation is 2. The molecule has 2 aromatic carbocycles. The molecule has 30 heavy (non-hydrogen) atoms. The van der Waals surface area contributed by atoms with Gasteiger partial charge in [0.1, 0.15) is 0 Å². The van der Waals surface area contributed by atoms with Gasteiger partial charge < -0.3 is 4.57 Å². The normalized spacial score (nSPS) is 16.7. The number of benzene rings is 2. The number of carbonyl (C=O) groups is 1. The van der Waals surface area contributed by atoms with Crippen LogP contribution in [-0.2, 0) is 13.6 Å². The van der Waals surface area contributed by atoms with Crippen LogP contribution in [0.4, 0.5) is 5.95 Å². The second kappa shape index (κ2) is 8.44. The van der Waals surface area contributed by atoms with Crippen molar-refractivity contribution in [1.29, 1.82) is 0 Å². The zero-order chi connectivity index (χ0) is 21.3. The molecule has 0 spiro atoms. The molecule has 4 rings (SSSR count). The largest absolute Gasteiger partial charge is 0.313 e. The number of hydrogen-bond acceptors (Lipinski definition) is 3. The summed E-state index contributed by atoms with van der Waals surface area (Å²) in [6.45, 7) is 8.51. The van der Waals surface area contributed by atoms with Crippen LogP contribution < -0.4 is 5.32 Å². The molecule has 1 N–H and O–H groups in total. The van der Waals surface area contributed by atoms with Crippen molar-refractivity contribution >= 4 is 11.9 Å². The molecule has 0 bridgehead atoms. The van der Waals surface area contributed by atoms with Crippen LogP contribution in [0, 0.1) is 13.8 Å². The third kappa shape index (κ3) is 4.17. The summed E-state index contributed by atoms with van der Waals surface area (Å²) >= 11 is 0. The Bertz CT molecular complexity index is 1070. The van der Waals surface area contributed by atoms with Crippen LogP contribution in [0.2, 0.25) is 0 Å². The van der Waals surface area contributed by atoms with E-state index in [1.807, 2.05) is 36.0 Å². The highest BCUT2D eigenvalue weighted by atomic mass is 16.1. The number of amides is 1. The number of aromatic nitrogens is 2. The Morgan fingerprint density at radius 2 is 2.00 bits per heavy atom. The van der Waals surface area contributed by atoms with Gasteiger partial charge in [0.15, 0.2) is 0 Å². The quantitative estimate of drug-likeness (QED) is 0.658. The van der Waals surface area contributed by atoms with Crippen LogP contribution in [0.15, 0.2) is 48.7 Å². The van der Waals surface area contributed by atoms with Crippen LogP contribution in [0.5, 0.6) is 0 Å². The van der Waals surface area contributed by atoms with Crippen LogP contribution in [-0.4, -0.2) is 32.9 Å². The van der Waals surface area contributed by atoms with Gasteiger partial charge in [-0.25, -0.2) is 4.98 Å². The molecule has 0 saturated carbocycles. The fourth-order valence-electron chi connectivity index (χ4n) is 4.14. The Labute approximate surface area is 178 Å². The van der Waals surface area contributed by atoms with Crippen molar-refractivity contribution in [2.75, 3.05) is 11.9 Å². The Morgan fingerprint density at radius 1 is 1.17 bits per heavy atom. The summed E-state index contributed by atoms with van der Waals surface area (Å²) in [5.74, 6) is 0.415. The van der Waals surface area contributed by atoms with E-state index in [1.165, 1.54) is 29.5 Å². The summed E-state index contributed by atoms with van der Waals surface area (Å²) in [5.41, 5.74) is 6.41. The van der Waals surface area contributed by atoms with Crippen molar-refractivity contribution in [1.82, 2.24) is 14.5 Å². The standard InChI is InChI=1S/C25H30N4O/c1-17-10-11-21(13-18(17)2)23-15-26-25(28(23)4)27-24(30)22-9-5-8-20(14-22)16-29-12-6-7-19(29)3/h5,8-11,13-15,19H,6-7,12,16H2,1-4H3,(H,26,27,30)/t19-/m0/s1. The van der Waals surface area contributed by atoms with Gasteiger partial charge in [-0.2, -0.15) is 0 Å². The van der Waals surface area contributed by atoms with Crippen molar-refractivity contribution in [3.05, 3.63) is 70.9 Å². The monoisotopic (exact) mass is 402 g/mol. The first-order chi connectivity index (χ1) is 14.4. The topological polar surface area (TPSA) is 50.2 Å². The summed E-state index contributed by atoms with van der Waals surface area (Å²) in [5, 5.41) is 2.97. The molecular formula is C25H30N4O. The molecule has 1 fully saturated rings. The number of likely N-dealkylation sites (tertiary alicyclic amines) is 1. The van der Waals surface area contributed by atoms with Crippen LogP contribution in [0.25, 0.3) is 11.3 Å². The minimum Gasteiger partial charge on any atom is -0.313 e. The molecule has 1 aliphatic heterocycles. The lowest BCUT2D eigenvalue weighted by Gasteiger charge is -2.21. The van der Waals surface area contributed by atoms with Gasteiger partial charge in [-0.3, -0.25) is 15.0 Å². The summed E-state index contributed by atoms with van der Waals surface area (Å²) in [4.78, 5) is 19.8. The predicted molar refractivity (Wildman–Crippen MR) is 122 cm³/mol. The molecule has 0 aliphatic carbocycles. The summed E-state index contributed by atoms with van der Waals surface area (Å²) in [6.07, 6.45) is 4.32. The minimum atomic E-state index is -0.133. The molecule has 1 saturated heterocycles. The number of carbonyl (C=O) groups excluding carboxylic acids is 1. The van der Waals surface area contributed by atoms with Gasteiger partial charge >= 0.3 is 0 Å². The van der Waals surface area contributed by atoms with E-state index in [-0.39, 0.29) is 5.91 Å². The van der Waals surface area contributed by atoms with E-state index in [2.05, 4.69) is 60.2 Å². The molecule has 156 valence electrons. The van der Waals surface area contributed by atoms with Crippen molar-refractivity contribution < 1.29 is 4.79 Å². The fourth-order valence-corrected chi connectivity index (χ4v) is 4.14. The lowest BCUT2D eigenvalue weighted by molar-refractivity contribution is 0.102. The van der Waals surface area contributed by atoms with Crippen LogP contribution in [0.3, 0.4) is 0 Å². The molecule has 0 unspecified atom stereocenters. The third-order valence-corrected chi connectivity index (χ3v) is 6.28. The van der Waals surface area contributed by atoms with Crippen molar-refractivity contribution in [2.24, 2.45) is 7.05 Å². The molecule has 2 heterocycles. The molecule has 1 aliphatic rings. The van der Waals surface area contributed by atoms with Gasteiger partial charge in [0.2, 0.25) is 5.95 Å². The number of nitrogens with zero attached hydrogens (tertiary/aromatic N) is 3. The molecule has 1 aromatic heterocycles. The van der Waals surface area contributed by atoms with E-state index in [0.717, 1.165) is 24.3 Å². The fraction of sp³-hybridized carbons (Fsp3) is 0.360. The molecule has 5 nitrogen and oxygen atoms in total. The van der Waals surface area contributed by atoms with E-state index in [1.54, 1.807) is 0 Å². The lowest BCUT2D eigenvalue weighted by Crippen LogP contribution is -2.26. The second-order valence-electron chi connectivity index (χ2n) is 8.44. The molecular weight excluding hydrogens is 372 g/mol. The highest BCUT2D eigenvalue weighted by Gasteiger charge is 2.20. The number of rotatable bonds is 5. The summed E-state index contributed by atoms with van der Waals surface area (Å²) < 4.78 is 1.93. The average molecular weight is 403 g/mol. The molecule has 5 heteroatoms. The summed E-state index contributed by atoms with van der Waals surface area (Å²) in [6, 6.07) is 14.9. The van der Waals surface area contributed by atoms with Gasteiger partial charge in [0.25, 0.3) is 5.91 Å². The number of hydrogen-bond donors (Lipinski definition) is 1. The summed E-state index contributed by atoms with van der Waals surface area (Å²) in [7, 11) is 1.93. The van der Waals surface area contributed by atoms with Crippen molar-refractivity contribution in [3.63, 3.8) is 0 Å². The van der Waals surface area contributed by atoms with E-state index in [0.29, 0.717) is 17.6 Å². The van der Waals surface area contributed by atoms with Gasteiger partial charge in [0, 0.05) is 30.8 Å². The Balaban J connectivity index is 1.50. The predicted octanol–water partition coefficient (Wildman–Crippen LogP) is 4.94. The highest BCUT2D eigenvalue weighted by Crippen LogP contribution is 2.25. The first-order valence-electron chi connectivity index (χ1n) is 10.7. The first-order valence-corrected chi connectivity index (χ1v) is 10.7. The highest BCUT2D eigenvalue weighted by molar-refractivity contribution is 6.03. The zero-order valence-electron chi connectivity index (χ0n) is 18.3. The van der Waals surface area contributed by atoms with Gasteiger partial charge in [-0.15, -0.1) is 0 Å². The Hall–Kier alpha value is -2.92. The van der Waals surface area contributed by atoms with Gasteiger partial charge in [0.05, 0.1) is 11.9 Å². The smallest absolute Gasteiger partial charge is 0.257 e. The maximum Gasteiger partial charge on any atom is 0.257 e. The van der Waals surface area contributed by atoms with Gasteiger partial charge in [-0.05, 0) is 75.0 Å². The number of imidazole rings is 1. The van der Waals surface area contributed by atoms with E-state index in [9.17, 15) is 4.79 Å². The Morgan fingerprint density at radius 3 is 2.73 bits per heavy atom. The second-order valence-corrected chi connectivity index (χ2v) is 8.44. The van der Waals surface area contributed by atoms with E-state index < -0.39 is 0 Å². The zero-order valence-corrected chi connectivity index (χ0v) is 18.3. The van der Waals surface area contributed by atoms with Crippen molar-refractivity contribution in [2.45, 2.75) is 46.2 Å². The van der Waals surface area contributed by atoms with E-state index >= 15 is 0 Å². The van der Waals surface area contributed by atoms with Crippen LogP contribution >= 0.6 is 0 Å². The first kappa shape index (κ1) is 20.4. The SMILES string of the molecule is Cc1ccc(-c2cnc(NC(=O)c3cccc(CN4CCC[C@@H]4C)c3)n2C)cc1C. The Kier molecular flexibility index (Phi) is 5.73. The van der Waals surface area contributed by atoms with E-state index in [4.69, 9.17) is 0 Å². The van der Waals surface area contributed by atoms with Crippen LogP contribution in [0.1, 0.15) is 46.8 Å². The van der Waals surface area contributed by atoms with Gasteiger partial charge in [-0.1, -0.05) is 24.3 Å². The molecule has 3 aromatic rings. The molecule has 1 amide bonds. The average Bonchev–Trinajstić information content (AvgIpc) is 3.30. The number of nitrogens with one attached hydrogen (secondary N) is 1. The number of anilines is 1. The molecule has 0 radical (unpaired) electrons.